The Morgan fingerprint density at radius 2 is 1.90 bits per heavy atom. The van der Waals surface area contributed by atoms with Crippen molar-refractivity contribution >= 4 is 0 Å². The summed E-state index contributed by atoms with van der Waals surface area (Å²) in [5.74, 6) is 0.845. The Morgan fingerprint density at radius 3 is 2.50 bits per heavy atom. The van der Waals surface area contributed by atoms with E-state index < -0.39 is 0 Å². The van der Waals surface area contributed by atoms with Gasteiger partial charge in [-0.2, -0.15) is 0 Å². The molecule has 1 aliphatic carbocycles. The molecule has 1 heterocycles. The lowest BCUT2D eigenvalue weighted by Crippen LogP contribution is -2.15. The predicted molar refractivity (Wildman–Crippen MR) is 80.5 cm³/mol. The van der Waals surface area contributed by atoms with Gasteiger partial charge in [0, 0.05) is 24.2 Å². The average molecular weight is 270 g/mol. The summed E-state index contributed by atoms with van der Waals surface area (Å²) < 4.78 is 5.44. The molecule has 20 heavy (non-hydrogen) atoms. The van der Waals surface area contributed by atoms with E-state index >= 15 is 0 Å². The van der Waals surface area contributed by atoms with Crippen molar-refractivity contribution in [3.8, 4) is 11.3 Å². The monoisotopic (exact) mass is 270 g/mol. The van der Waals surface area contributed by atoms with Crippen LogP contribution in [0.2, 0.25) is 0 Å². The predicted octanol–water partition coefficient (Wildman–Crippen LogP) is 3.89. The normalized spacial score (nSPS) is 15.6. The maximum absolute atomic E-state index is 5.44. The van der Waals surface area contributed by atoms with Gasteiger partial charge in [-0.15, -0.1) is 0 Å². The van der Waals surface area contributed by atoms with Gasteiger partial charge in [0.2, 0.25) is 0 Å². The zero-order valence-electron chi connectivity index (χ0n) is 12.4. The summed E-state index contributed by atoms with van der Waals surface area (Å²) in [4.78, 5) is 0. The van der Waals surface area contributed by atoms with Crippen LogP contribution in [-0.4, -0.2) is 11.2 Å². The van der Waals surface area contributed by atoms with Gasteiger partial charge >= 0.3 is 0 Å². The first-order valence-corrected chi connectivity index (χ1v) is 7.32. The Labute approximate surface area is 120 Å². The molecule has 1 aromatic heterocycles. The van der Waals surface area contributed by atoms with Crippen LogP contribution < -0.4 is 5.32 Å². The molecular weight excluding hydrogens is 248 g/mol. The van der Waals surface area contributed by atoms with E-state index in [1.165, 1.54) is 18.4 Å². The summed E-state index contributed by atoms with van der Waals surface area (Å²) in [6, 6.07) is 11.3. The fourth-order valence-corrected chi connectivity index (χ4v) is 2.20. The second-order valence-electron chi connectivity index (χ2n) is 6.67. The summed E-state index contributed by atoms with van der Waals surface area (Å²) in [5, 5.41) is 7.57. The largest absolute Gasteiger partial charge is 0.356 e. The van der Waals surface area contributed by atoms with Gasteiger partial charge < -0.3 is 9.84 Å². The minimum Gasteiger partial charge on any atom is -0.356 e. The maximum Gasteiger partial charge on any atom is 0.167 e. The first-order chi connectivity index (χ1) is 9.52. The highest BCUT2D eigenvalue weighted by Gasteiger charge is 2.20. The Morgan fingerprint density at radius 1 is 1.20 bits per heavy atom. The SMILES string of the molecule is CC(C)(C)c1ccc(-c2cc(CNC3CC3)no2)cc1. The highest BCUT2D eigenvalue weighted by molar-refractivity contribution is 5.58. The van der Waals surface area contributed by atoms with Gasteiger partial charge in [-0.3, -0.25) is 0 Å². The smallest absolute Gasteiger partial charge is 0.167 e. The van der Waals surface area contributed by atoms with Gasteiger partial charge in [0.1, 0.15) is 0 Å². The lowest BCUT2D eigenvalue weighted by molar-refractivity contribution is 0.420. The summed E-state index contributed by atoms with van der Waals surface area (Å²) in [5.41, 5.74) is 3.57. The van der Waals surface area contributed by atoms with Crippen LogP contribution in [-0.2, 0) is 12.0 Å². The van der Waals surface area contributed by atoms with Crippen molar-refractivity contribution in [3.63, 3.8) is 0 Å². The summed E-state index contributed by atoms with van der Waals surface area (Å²) in [7, 11) is 0. The Hall–Kier alpha value is -1.61. The highest BCUT2D eigenvalue weighted by atomic mass is 16.5. The second kappa shape index (κ2) is 5.06. The molecule has 106 valence electrons. The zero-order valence-corrected chi connectivity index (χ0v) is 12.4. The molecule has 1 saturated carbocycles. The van der Waals surface area contributed by atoms with Crippen molar-refractivity contribution in [2.45, 2.75) is 51.6 Å². The van der Waals surface area contributed by atoms with Crippen LogP contribution in [0.1, 0.15) is 44.9 Å². The second-order valence-corrected chi connectivity index (χ2v) is 6.67. The van der Waals surface area contributed by atoms with E-state index in [0.29, 0.717) is 6.04 Å². The van der Waals surface area contributed by atoms with Crippen LogP contribution >= 0.6 is 0 Å². The molecule has 0 atom stereocenters. The molecule has 1 N–H and O–H groups in total. The molecule has 0 unspecified atom stereocenters. The molecule has 1 aromatic carbocycles. The van der Waals surface area contributed by atoms with Gasteiger partial charge in [-0.25, -0.2) is 0 Å². The van der Waals surface area contributed by atoms with Gasteiger partial charge in [-0.05, 0) is 23.8 Å². The third kappa shape index (κ3) is 3.10. The first kappa shape index (κ1) is 13.4. The van der Waals surface area contributed by atoms with Crippen molar-refractivity contribution < 1.29 is 4.52 Å². The fourth-order valence-electron chi connectivity index (χ4n) is 2.20. The van der Waals surface area contributed by atoms with Gasteiger partial charge in [0.15, 0.2) is 5.76 Å². The van der Waals surface area contributed by atoms with Crippen LogP contribution in [0.3, 0.4) is 0 Å². The molecule has 0 spiro atoms. The van der Waals surface area contributed by atoms with Crippen LogP contribution in [0.25, 0.3) is 11.3 Å². The van der Waals surface area contributed by atoms with E-state index in [-0.39, 0.29) is 5.41 Å². The van der Waals surface area contributed by atoms with Gasteiger partial charge in [-0.1, -0.05) is 50.2 Å². The molecule has 3 nitrogen and oxygen atoms in total. The van der Waals surface area contributed by atoms with Crippen molar-refractivity contribution in [2.24, 2.45) is 0 Å². The molecule has 3 rings (SSSR count). The first-order valence-electron chi connectivity index (χ1n) is 7.32. The van der Waals surface area contributed by atoms with E-state index in [9.17, 15) is 0 Å². The van der Waals surface area contributed by atoms with Crippen LogP contribution in [0.5, 0.6) is 0 Å². The summed E-state index contributed by atoms with van der Waals surface area (Å²) in [6.07, 6.45) is 2.58. The van der Waals surface area contributed by atoms with Gasteiger partial charge in [0.05, 0.1) is 5.69 Å². The van der Waals surface area contributed by atoms with E-state index in [4.69, 9.17) is 4.52 Å². The third-order valence-electron chi connectivity index (χ3n) is 3.74. The number of hydrogen-bond acceptors (Lipinski definition) is 3. The van der Waals surface area contributed by atoms with Gasteiger partial charge in [0.25, 0.3) is 0 Å². The molecular formula is C17H22N2O. The fraction of sp³-hybridized carbons (Fsp3) is 0.471. The number of rotatable bonds is 4. The number of nitrogens with one attached hydrogen (secondary N) is 1. The number of benzene rings is 1. The molecule has 1 fully saturated rings. The van der Waals surface area contributed by atoms with E-state index in [1.54, 1.807) is 0 Å². The Balaban J connectivity index is 1.71. The Bertz CT molecular complexity index is 574. The summed E-state index contributed by atoms with van der Waals surface area (Å²) >= 11 is 0. The van der Waals surface area contributed by atoms with Crippen LogP contribution in [0.15, 0.2) is 34.9 Å². The quantitative estimate of drug-likeness (QED) is 0.916. The van der Waals surface area contributed by atoms with E-state index in [0.717, 1.165) is 23.6 Å². The van der Waals surface area contributed by atoms with Crippen molar-refractivity contribution in [1.29, 1.82) is 0 Å². The average Bonchev–Trinajstić information content (AvgIpc) is 3.13. The molecule has 0 bridgehead atoms. The summed E-state index contributed by atoms with van der Waals surface area (Å²) in [6.45, 7) is 7.46. The van der Waals surface area contributed by atoms with E-state index in [1.807, 2.05) is 6.07 Å². The molecule has 1 aliphatic rings. The van der Waals surface area contributed by atoms with E-state index in [2.05, 4.69) is 55.5 Å². The van der Waals surface area contributed by atoms with Crippen molar-refractivity contribution in [2.75, 3.05) is 0 Å². The van der Waals surface area contributed by atoms with Crippen LogP contribution in [0, 0.1) is 0 Å². The topological polar surface area (TPSA) is 38.1 Å². The molecule has 3 heteroatoms. The zero-order chi connectivity index (χ0) is 14.2. The minimum absolute atomic E-state index is 0.180. The lowest BCUT2D eigenvalue weighted by atomic mass is 9.86. The number of aromatic nitrogens is 1. The lowest BCUT2D eigenvalue weighted by Gasteiger charge is -2.18. The molecule has 2 aromatic rings. The molecule has 0 saturated heterocycles. The molecule has 0 amide bonds. The number of hydrogen-bond donors (Lipinski definition) is 1. The molecule has 0 radical (unpaired) electrons. The minimum atomic E-state index is 0.180. The van der Waals surface area contributed by atoms with Crippen LogP contribution in [0.4, 0.5) is 0 Å². The molecule has 0 aliphatic heterocycles. The van der Waals surface area contributed by atoms with Crippen molar-refractivity contribution in [3.05, 3.63) is 41.6 Å². The third-order valence-corrected chi connectivity index (χ3v) is 3.74. The standard InChI is InChI=1S/C17H22N2O/c1-17(2,3)13-6-4-12(5-7-13)16-10-15(19-20-16)11-18-14-8-9-14/h4-7,10,14,18H,8-9,11H2,1-3H3. The number of nitrogens with zero attached hydrogens (tertiary/aromatic N) is 1. The highest BCUT2D eigenvalue weighted by Crippen LogP contribution is 2.26. The Kier molecular flexibility index (Phi) is 3.38. The maximum atomic E-state index is 5.44. The van der Waals surface area contributed by atoms with Crippen molar-refractivity contribution in [1.82, 2.24) is 10.5 Å².